The zero-order chi connectivity index (χ0) is 11.1. The van der Waals surface area contributed by atoms with E-state index in [1.807, 2.05) is 0 Å². The molecule has 3 fully saturated rings. The number of fused-ring (bicyclic) bond motifs is 1. The molecular formula is C13H24N2O. The van der Waals surface area contributed by atoms with Crippen molar-refractivity contribution < 1.29 is 5.11 Å². The summed E-state index contributed by atoms with van der Waals surface area (Å²) in [7, 11) is 0. The molecule has 3 aliphatic rings. The first-order chi connectivity index (χ1) is 7.79. The molecule has 5 unspecified atom stereocenters. The van der Waals surface area contributed by atoms with E-state index < -0.39 is 0 Å². The van der Waals surface area contributed by atoms with Gasteiger partial charge in [0.05, 0.1) is 6.10 Å². The monoisotopic (exact) mass is 224 g/mol. The molecule has 0 aromatic rings. The van der Waals surface area contributed by atoms with E-state index in [0.29, 0.717) is 5.92 Å². The van der Waals surface area contributed by atoms with Crippen molar-refractivity contribution in [2.45, 2.75) is 38.3 Å². The maximum absolute atomic E-state index is 9.94. The minimum atomic E-state index is -0.00978. The lowest BCUT2D eigenvalue weighted by molar-refractivity contribution is 0.114. The van der Waals surface area contributed by atoms with Crippen molar-refractivity contribution >= 4 is 0 Å². The molecule has 0 amide bonds. The summed E-state index contributed by atoms with van der Waals surface area (Å²) in [5, 5.41) is 13.5. The van der Waals surface area contributed by atoms with Crippen LogP contribution in [0.25, 0.3) is 0 Å². The Bertz CT molecular complexity index is 258. The zero-order valence-corrected chi connectivity index (χ0v) is 10.2. The van der Waals surface area contributed by atoms with Crippen LogP contribution in [0.15, 0.2) is 0 Å². The number of aliphatic hydroxyl groups excluding tert-OH is 1. The molecule has 1 aliphatic carbocycles. The summed E-state index contributed by atoms with van der Waals surface area (Å²) in [5.41, 5.74) is 0. The van der Waals surface area contributed by atoms with E-state index >= 15 is 0 Å². The Labute approximate surface area is 98.2 Å². The van der Waals surface area contributed by atoms with E-state index in [1.54, 1.807) is 0 Å². The second-order valence-electron chi connectivity index (χ2n) is 5.92. The summed E-state index contributed by atoms with van der Waals surface area (Å²) < 4.78 is 0. The van der Waals surface area contributed by atoms with Gasteiger partial charge in [0.25, 0.3) is 0 Å². The molecule has 0 aromatic carbocycles. The second-order valence-corrected chi connectivity index (χ2v) is 5.92. The maximum atomic E-state index is 9.94. The molecule has 2 N–H and O–H groups in total. The van der Waals surface area contributed by atoms with Crippen molar-refractivity contribution in [2.24, 2.45) is 17.8 Å². The van der Waals surface area contributed by atoms with E-state index in [-0.39, 0.29) is 6.10 Å². The van der Waals surface area contributed by atoms with Gasteiger partial charge in [-0.15, -0.1) is 0 Å². The predicted octanol–water partition coefficient (Wildman–Crippen LogP) is 0.687. The molecule has 92 valence electrons. The maximum Gasteiger partial charge on any atom is 0.0583 e. The third kappa shape index (κ3) is 1.69. The highest BCUT2D eigenvalue weighted by atomic mass is 16.3. The third-order valence-electron chi connectivity index (χ3n) is 5.14. The molecular weight excluding hydrogens is 200 g/mol. The van der Waals surface area contributed by atoms with Crippen molar-refractivity contribution in [1.29, 1.82) is 0 Å². The lowest BCUT2D eigenvalue weighted by atomic mass is 9.99. The largest absolute Gasteiger partial charge is 0.393 e. The van der Waals surface area contributed by atoms with Crippen molar-refractivity contribution in [1.82, 2.24) is 10.2 Å². The number of nitrogens with one attached hydrogen (secondary N) is 1. The lowest BCUT2D eigenvalue weighted by Crippen LogP contribution is -2.40. The zero-order valence-electron chi connectivity index (χ0n) is 10.2. The Kier molecular flexibility index (Phi) is 2.94. The highest BCUT2D eigenvalue weighted by Crippen LogP contribution is 2.40. The van der Waals surface area contributed by atoms with Crippen LogP contribution in [0.1, 0.15) is 26.2 Å². The van der Waals surface area contributed by atoms with Crippen LogP contribution in [-0.2, 0) is 0 Å². The first-order valence-electron chi connectivity index (χ1n) is 6.92. The molecule has 0 radical (unpaired) electrons. The van der Waals surface area contributed by atoms with Gasteiger partial charge >= 0.3 is 0 Å². The van der Waals surface area contributed by atoms with Crippen LogP contribution in [-0.4, -0.2) is 48.3 Å². The molecule has 3 heteroatoms. The summed E-state index contributed by atoms with van der Waals surface area (Å²) in [5.74, 6) is 2.20. The van der Waals surface area contributed by atoms with Gasteiger partial charge in [0.1, 0.15) is 0 Å². The number of rotatable bonds is 2. The number of hydrogen-bond donors (Lipinski definition) is 2. The molecule has 16 heavy (non-hydrogen) atoms. The van der Waals surface area contributed by atoms with Crippen LogP contribution < -0.4 is 5.32 Å². The van der Waals surface area contributed by atoms with Gasteiger partial charge in [-0.2, -0.15) is 0 Å². The second kappa shape index (κ2) is 4.28. The van der Waals surface area contributed by atoms with Gasteiger partial charge in [0.2, 0.25) is 0 Å². The van der Waals surface area contributed by atoms with Crippen molar-refractivity contribution in [3.8, 4) is 0 Å². The van der Waals surface area contributed by atoms with Gasteiger partial charge in [0.15, 0.2) is 0 Å². The quantitative estimate of drug-likeness (QED) is 0.724. The number of nitrogens with zero attached hydrogens (tertiary/aromatic N) is 1. The molecule has 5 atom stereocenters. The van der Waals surface area contributed by atoms with Crippen LogP contribution in [0.3, 0.4) is 0 Å². The normalized spacial score (nSPS) is 48.8. The van der Waals surface area contributed by atoms with Crippen molar-refractivity contribution in [3.63, 3.8) is 0 Å². The number of aliphatic hydroxyl groups is 1. The van der Waals surface area contributed by atoms with Crippen LogP contribution >= 0.6 is 0 Å². The van der Waals surface area contributed by atoms with E-state index in [0.717, 1.165) is 37.4 Å². The lowest BCUT2D eigenvalue weighted by Gasteiger charge is -2.29. The predicted molar refractivity (Wildman–Crippen MR) is 64.2 cm³/mol. The van der Waals surface area contributed by atoms with Gasteiger partial charge in [0, 0.05) is 31.6 Å². The first kappa shape index (κ1) is 11.0. The molecule has 1 saturated carbocycles. The van der Waals surface area contributed by atoms with Crippen LogP contribution in [0, 0.1) is 17.8 Å². The highest BCUT2D eigenvalue weighted by Gasteiger charge is 2.45. The average Bonchev–Trinajstić information content (AvgIpc) is 2.95. The van der Waals surface area contributed by atoms with Crippen LogP contribution in [0.5, 0.6) is 0 Å². The van der Waals surface area contributed by atoms with Gasteiger partial charge < -0.3 is 10.4 Å². The van der Waals surface area contributed by atoms with Crippen molar-refractivity contribution in [2.75, 3.05) is 26.2 Å². The van der Waals surface area contributed by atoms with Gasteiger partial charge in [-0.1, -0.05) is 13.3 Å². The Balaban J connectivity index is 1.65. The molecule has 2 aliphatic heterocycles. The summed E-state index contributed by atoms with van der Waals surface area (Å²) in [6.07, 6.45) is 3.57. The Morgan fingerprint density at radius 2 is 2.12 bits per heavy atom. The minimum Gasteiger partial charge on any atom is -0.393 e. The summed E-state index contributed by atoms with van der Waals surface area (Å²) >= 11 is 0. The smallest absolute Gasteiger partial charge is 0.0583 e. The summed E-state index contributed by atoms with van der Waals surface area (Å²) in [6, 6.07) is 0.739. The van der Waals surface area contributed by atoms with E-state index in [1.165, 1.54) is 25.9 Å². The fraction of sp³-hybridized carbons (Fsp3) is 1.00. The third-order valence-corrected chi connectivity index (χ3v) is 5.14. The molecule has 2 saturated heterocycles. The Morgan fingerprint density at radius 3 is 2.88 bits per heavy atom. The first-order valence-corrected chi connectivity index (χ1v) is 6.92. The summed E-state index contributed by atoms with van der Waals surface area (Å²) in [4.78, 5) is 2.66. The Hall–Kier alpha value is -0.120. The topological polar surface area (TPSA) is 35.5 Å². The van der Waals surface area contributed by atoms with Gasteiger partial charge in [-0.05, 0) is 31.2 Å². The van der Waals surface area contributed by atoms with E-state index in [2.05, 4.69) is 17.1 Å². The van der Waals surface area contributed by atoms with Crippen LogP contribution in [0.2, 0.25) is 0 Å². The van der Waals surface area contributed by atoms with Gasteiger partial charge in [-0.3, -0.25) is 4.90 Å². The fourth-order valence-corrected chi connectivity index (χ4v) is 4.10. The number of likely N-dealkylation sites (tertiary alicyclic amines) is 1. The minimum absolute atomic E-state index is 0.00978. The molecule has 0 aromatic heterocycles. The highest BCUT2D eigenvalue weighted by molar-refractivity contribution is 4.98. The fourth-order valence-electron chi connectivity index (χ4n) is 4.10. The van der Waals surface area contributed by atoms with E-state index in [9.17, 15) is 5.11 Å². The summed E-state index contributed by atoms with van der Waals surface area (Å²) in [6.45, 7) is 7.04. The molecule has 2 heterocycles. The Morgan fingerprint density at radius 1 is 1.25 bits per heavy atom. The molecule has 0 bridgehead atoms. The average molecular weight is 224 g/mol. The van der Waals surface area contributed by atoms with Gasteiger partial charge in [-0.25, -0.2) is 0 Å². The molecule has 3 rings (SSSR count). The molecule has 3 nitrogen and oxygen atoms in total. The standard InChI is InChI=1S/C13H24N2O/c1-2-9-5-14-6-12(9)15-7-10-3-4-13(16)11(10)8-15/h9-14,16H,2-8H2,1H3. The van der Waals surface area contributed by atoms with Crippen molar-refractivity contribution in [3.05, 3.63) is 0 Å². The number of hydrogen-bond acceptors (Lipinski definition) is 3. The van der Waals surface area contributed by atoms with Crippen LogP contribution in [0.4, 0.5) is 0 Å². The van der Waals surface area contributed by atoms with E-state index in [4.69, 9.17) is 0 Å². The molecule has 0 spiro atoms. The SMILES string of the molecule is CCC1CNCC1N1CC2CCC(O)C2C1.